The van der Waals surface area contributed by atoms with Gasteiger partial charge in [-0.25, -0.2) is 4.98 Å². The molecule has 3 rings (SSSR count). The van der Waals surface area contributed by atoms with Crippen molar-refractivity contribution in [2.45, 2.75) is 43.9 Å². The van der Waals surface area contributed by atoms with E-state index in [0.717, 1.165) is 6.54 Å². The predicted molar refractivity (Wildman–Crippen MR) is 60.0 cm³/mol. The van der Waals surface area contributed by atoms with E-state index in [1.807, 2.05) is 0 Å². The minimum Gasteiger partial charge on any atom is -0.345 e. The lowest BCUT2D eigenvalue weighted by molar-refractivity contribution is 0.448. The van der Waals surface area contributed by atoms with Crippen molar-refractivity contribution < 1.29 is 0 Å². The fourth-order valence-corrected chi connectivity index (χ4v) is 2.39. The molecule has 3 heteroatoms. The number of nitrogens with one attached hydrogen (secondary N) is 2. The Bertz CT molecular complexity index is 346. The first kappa shape index (κ1) is 9.40. The number of imidazole rings is 1. The van der Waals surface area contributed by atoms with Gasteiger partial charge in [-0.1, -0.05) is 6.92 Å². The highest BCUT2D eigenvalue weighted by Gasteiger charge is 2.40. The number of piperidine rings is 1. The van der Waals surface area contributed by atoms with Crippen LogP contribution in [-0.2, 0) is 5.41 Å². The van der Waals surface area contributed by atoms with E-state index in [1.165, 1.54) is 43.7 Å². The number of hydrogen-bond acceptors (Lipinski definition) is 2. The summed E-state index contributed by atoms with van der Waals surface area (Å²) in [6.07, 6.45) is 7.24. The number of nitrogens with zero attached hydrogens (tertiary/aromatic N) is 1. The quantitative estimate of drug-likeness (QED) is 0.774. The van der Waals surface area contributed by atoms with E-state index in [2.05, 4.69) is 28.4 Å². The van der Waals surface area contributed by atoms with Crippen LogP contribution in [0.5, 0.6) is 0 Å². The molecule has 2 heterocycles. The third-order valence-electron chi connectivity index (χ3n) is 3.93. The summed E-state index contributed by atoms with van der Waals surface area (Å²) in [5, 5.41) is 3.44. The highest BCUT2D eigenvalue weighted by atomic mass is 15.0. The van der Waals surface area contributed by atoms with Crippen LogP contribution >= 0.6 is 0 Å². The van der Waals surface area contributed by atoms with Crippen LogP contribution in [0.4, 0.5) is 0 Å². The Morgan fingerprint density at radius 2 is 2.33 bits per heavy atom. The summed E-state index contributed by atoms with van der Waals surface area (Å²) in [6, 6.07) is 0. The Kier molecular flexibility index (Phi) is 2.09. The van der Waals surface area contributed by atoms with E-state index >= 15 is 0 Å². The van der Waals surface area contributed by atoms with E-state index < -0.39 is 0 Å². The van der Waals surface area contributed by atoms with Crippen molar-refractivity contribution in [3.05, 3.63) is 17.7 Å². The van der Waals surface area contributed by atoms with Gasteiger partial charge in [0.2, 0.25) is 0 Å². The van der Waals surface area contributed by atoms with Gasteiger partial charge in [0, 0.05) is 29.8 Å². The summed E-state index contributed by atoms with van der Waals surface area (Å²) >= 11 is 0. The average molecular weight is 205 g/mol. The molecule has 1 aliphatic carbocycles. The molecular formula is C12H19N3. The first-order valence-corrected chi connectivity index (χ1v) is 6.04. The van der Waals surface area contributed by atoms with Gasteiger partial charge in [-0.3, -0.25) is 0 Å². The summed E-state index contributed by atoms with van der Waals surface area (Å²) in [5.41, 5.74) is 1.77. The van der Waals surface area contributed by atoms with Crippen molar-refractivity contribution in [1.82, 2.24) is 15.3 Å². The van der Waals surface area contributed by atoms with Gasteiger partial charge < -0.3 is 10.3 Å². The minimum absolute atomic E-state index is 0.424. The van der Waals surface area contributed by atoms with Gasteiger partial charge in [0.1, 0.15) is 5.82 Å². The molecule has 15 heavy (non-hydrogen) atoms. The van der Waals surface area contributed by atoms with E-state index in [4.69, 9.17) is 0 Å². The Hall–Kier alpha value is -0.830. The summed E-state index contributed by atoms with van der Waals surface area (Å²) in [6.45, 7) is 4.58. The molecule has 0 bridgehead atoms. The Morgan fingerprint density at radius 1 is 1.47 bits per heavy atom. The fraction of sp³-hybridized carbons (Fsp3) is 0.750. The molecule has 1 unspecified atom stereocenters. The van der Waals surface area contributed by atoms with Crippen LogP contribution in [0.15, 0.2) is 6.20 Å². The van der Waals surface area contributed by atoms with Crippen LogP contribution in [0.25, 0.3) is 0 Å². The van der Waals surface area contributed by atoms with Gasteiger partial charge >= 0.3 is 0 Å². The number of rotatable bonds is 2. The van der Waals surface area contributed by atoms with Crippen LogP contribution in [0, 0.1) is 0 Å². The zero-order valence-corrected chi connectivity index (χ0v) is 9.34. The molecule has 1 saturated carbocycles. The predicted octanol–water partition coefficient (Wildman–Crippen LogP) is 1.93. The monoisotopic (exact) mass is 205 g/mol. The second-order valence-electron chi connectivity index (χ2n) is 5.29. The Balaban J connectivity index is 1.77. The maximum absolute atomic E-state index is 4.55. The van der Waals surface area contributed by atoms with Crippen molar-refractivity contribution in [2.75, 3.05) is 13.1 Å². The molecule has 3 nitrogen and oxygen atoms in total. The second-order valence-corrected chi connectivity index (χ2v) is 5.29. The minimum atomic E-state index is 0.424. The molecule has 0 amide bonds. The van der Waals surface area contributed by atoms with Crippen molar-refractivity contribution in [2.24, 2.45) is 0 Å². The van der Waals surface area contributed by atoms with E-state index in [9.17, 15) is 0 Å². The van der Waals surface area contributed by atoms with E-state index in [-0.39, 0.29) is 0 Å². The second kappa shape index (κ2) is 3.34. The normalized spacial score (nSPS) is 29.0. The molecule has 0 aromatic carbocycles. The van der Waals surface area contributed by atoms with Gasteiger partial charge in [0.15, 0.2) is 0 Å². The summed E-state index contributed by atoms with van der Waals surface area (Å²) in [7, 11) is 0. The van der Waals surface area contributed by atoms with Crippen LogP contribution in [-0.4, -0.2) is 23.1 Å². The maximum Gasteiger partial charge on any atom is 0.110 e. The fourth-order valence-electron chi connectivity index (χ4n) is 2.39. The topological polar surface area (TPSA) is 40.7 Å². The van der Waals surface area contributed by atoms with Crippen LogP contribution < -0.4 is 5.32 Å². The third-order valence-corrected chi connectivity index (χ3v) is 3.93. The zero-order valence-electron chi connectivity index (χ0n) is 9.34. The molecule has 1 saturated heterocycles. The van der Waals surface area contributed by atoms with Gasteiger partial charge in [-0.05, 0) is 32.2 Å². The lowest BCUT2D eigenvalue weighted by Gasteiger charge is -2.20. The van der Waals surface area contributed by atoms with Crippen molar-refractivity contribution in [3.8, 4) is 0 Å². The van der Waals surface area contributed by atoms with Crippen molar-refractivity contribution in [1.29, 1.82) is 0 Å². The molecule has 2 fully saturated rings. The third kappa shape index (κ3) is 1.69. The first-order chi connectivity index (χ1) is 7.28. The van der Waals surface area contributed by atoms with Gasteiger partial charge in [0.25, 0.3) is 0 Å². The Morgan fingerprint density at radius 3 is 3.00 bits per heavy atom. The Labute approximate surface area is 90.7 Å². The van der Waals surface area contributed by atoms with Gasteiger partial charge in [0.05, 0.1) is 0 Å². The van der Waals surface area contributed by atoms with Crippen molar-refractivity contribution in [3.63, 3.8) is 0 Å². The molecular weight excluding hydrogens is 186 g/mol. The molecule has 0 radical (unpaired) electrons. The van der Waals surface area contributed by atoms with Crippen LogP contribution in [0.3, 0.4) is 0 Å². The largest absolute Gasteiger partial charge is 0.345 e. The van der Waals surface area contributed by atoms with Gasteiger partial charge in [-0.2, -0.15) is 0 Å². The number of aromatic amines is 1. The lowest BCUT2D eigenvalue weighted by Crippen LogP contribution is -2.28. The molecule has 2 aliphatic rings. The molecule has 1 atom stereocenters. The molecule has 1 aromatic heterocycles. The number of H-pyrrole nitrogens is 1. The first-order valence-electron chi connectivity index (χ1n) is 6.04. The standard InChI is InChI=1S/C12H19N3/c1-12(4-5-12)10-8-14-11(15-10)9-3-2-6-13-7-9/h8-9,13H,2-7H2,1H3,(H,14,15). The summed E-state index contributed by atoms with van der Waals surface area (Å²) < 4.78 is 0. The molecule has 0 spiro atoms. The number of hydrogen-bond donors (Lipinski definition) is 2. The van der Waals surface area contributed by atoms with Gasteiger partial charge in [-0.15, -0.1) is 0 Å². The van der Waals surface area contributed by atoms with E-state index in [0.29, 0.717) is 11.3 Å². The van der Waals surface area contributed by atoms with E-state index in [1.54, 1.807) is 0 Å². The smallest absolute Gasteiger partial charge is 0.110 e. The molecule has 82 valence electrons. The average Bonchev–Trinajstić information content (AvgIpc) is 2.85. The lowest BCUT2D eigenvalue weighted by atomic mass is 9.99. The van der Waals surface area contributed by atoms with Crippen LogP contribution in [0.1, 0.15) is 50.0 Å². The maximum atomic E-state index is 4.55. The highest BCUT2D eigenvalue weighted by molar-refractivity contribution is 5.22. The molecule has 2 N–H and O–H groups in total. The molecule has 1 aliphatic heterocycles. The molecule has 1 aromatic rings. The summed E-state index contributed by atoms with van der Waals surface area (Å²) in [5.74, 6) is 1.81. The summed E-state index contributed by atoms with van der Waals surface area (Å²) in [4.78, 5) is 8.08. The van der Waals surface area contributed by atoms with Crippen molar-refractivity contribution >= 4 is 0 Å². The SMILES string of the molecule is CC1(c2cnc(C3CCCNC3)[nH]2)CC1. The zero-order chi connectivity index (χ0) is 10.3. The number of aromatic nitrogens is 2. The highest BCUT2D eigenvalue weighted by Crippen LogP contribution is 2.46. The van der Waals surface area contributed by atoms with Crippen LogP contribution in [0.2, 0.25) is 0 Å².